The summed E-state index contributed by atoms with van der Waals surface area (Å²) >= 11 is 7.58. The van der Waals surface area contributed by atoms with E-state index in [1.165, 1.54) is 4.57 Å². The van der Waals surface area contributed by atoms with Crippen molar-refractivity contribution >= 4 is 40.5 Å². The van der Waals surface area contributed by atoms with Gasteiger partial charge in [-0.05, 0) is 49.8 Å². The third-order valence-electron chi connectivity index (χ3n) is 8.05. The minimum Gasteiger partial charge on any atom is -0.379 e. The molecule has 0 aliphatic carbocycles. The van der Waals surface area contributed by atoms with E-state index in [0.717, 1.165) is 41.2 Å². The van der Waals surface area contributed by atoms with Crippen molar-refractivity contribution in [3.8, 4) is 28.7 Å². The van der Waals surface area contributed by atoms with Gasteiger partial charge in [0.15, 0.2) is 5.57 Å². The third kappa shape index (κ3) is 6.99. The number of aromatic nitrogens is 3. The summed E-state index contributed by atoms with van der Waals surface area (Å²) in [7, 11) is 0. The normalized spacial score (nSPS) is 14.6. The maximum Gasteiger partial charge on any atom is 0.273 e. The minimum atomic E-state index is -0.542. The van der Waals surface area contributed by atoms with E-state index in [9.17, 15) is 14.9 Å². The Hall–Kier alpha value is -4.79. The molecule has 1 saturated heterocycles. The van der Waals surface area contributed by atoms with E-state index in [1.807, 2.05) is 74.6 Å². The van der Waals surface area contributed by atoms with Gasteiger partial charge in [0.05, 0.1) is 34.8 Å². The molecule has 1 fully saturated rings. The van der Waals surface area contributed by atoms with Crippen LogP contribution in [0.3, 0.4) is 0 Å². The van der Waals surface area contributed by atoms with E-state index in [4.69, 9.17) is 21.4 Å². The maximum absolute atomic E-state index is 14.3. The molecule has 3 aromatic carbocycles. The Labute approximate surface area is 281 Å². The quantitative estimate of drug-likeness (QED) is 0.269. The van der Waals surface area contributed by atoms with E-state index >= 15 is 0 Å². The van der Waals surface area contributed by atoms with Gasteiger partial charge >= 0.3 is 0 Å². The van der Waals surface area contributed by atoms with Crippen LogP contribution in [0.1, 0.15) is 16.7 Å². The zero-order chi connectivity index (χ0) is 32.9. The van der Waals surface area contributed by atoms with Gasteiger partial charge in [0, 0.05) is 48.5 Å². The molecule has 9 nitrogen and oxygen atoms in total. The lowest BCUT2D eigenvalue weighted by Crippen LogP contribution is -2.42. The largest absolute Gasteiger partial charge is 0.379 e. The Kier molecular flexibility index (Phi) is 9.80. The lowest BCUT2D eigenvalue weighted by molar-refractivity contribution is -0.115. The monoisotopic (exact) mass is 664 g/mol. The third-order valence-corrected chi connectivity index (χ3v) is 9.55. The van der Waals surface area contributed by atoms with Gasteiger partial charge in [0.1, 0.15) is 10.7 Å². The molecule has 0 saturated carbocycles. The van der Waals surface area contributed by atoms with Crippen molar-refractivity contribution in [3.05, 3.63) is 120 Å². The first-order valence-corrected chi connectivity index (χ1v) is 16.5. The summed E-state index contributed by atoms with van der Waals surface area (Å²) in [5.74, 6) is -0.542. The summed E-state index contributed by atoms with van der Waals surface area (Å²) in [6.07, 6.45) is 3.66. The van der Waals surface area contributed by atoms with E-state index in [1.54, 1.807) is 29.0 Å². The first-order chi connectivity index (χ1) is 22.8. The van der Waals surface area contributed by atoms with Crippen molar-refractivity contribution in [1.29, 1.82) is 5.26 Å². The van der Waals surface area contributed by atoms with Crippen molar-refractivity contribution < 1.29 is 9.53 Å². The highest BCUT2D eigenvalue weighted by Gasteiger charge is 2.20. The number of carbonyl (C=O) groups excluding carboxylic acids is 1. The van der Waals surface area contributed by atoms with E-state index < -0.39 is 5.91 Å². The molecule has 6 rings (SSSR count). The average molecular weight is 665 g/mol. The molecule has 238 valence electrons. The number of carbonyl (C=O) groups is 1. The number of nitrogens with one attached hydrogen (secondary N) is 1. The van der Waals surface area contributed by atoms with Crippen molar-refractivity contribution in [2.24, 2.45) is 0 Å². The van der Waals surface area contributed by atoms with E-state index in [-0.39, 0.29) is 15.8 Å². The van der Waals surface area contributed by atoms with Crippen LogP contribution in [-0.4, -0.2) is 64.5 Å². The fraction of sp³-hybridized carbons (Fsp3) is 0.222. The minimum absolute atomic E-state index is 0.146. The highest BCUT2D eigenvalue weighted by Crippen LogP contribution is 2.25. The number of halogens is 1. The zero-order valence-electron chi connectivity index (χ0n) is 26.1. The van der Waals surface area contributed by atoms with Gasteiger partial charge in [-0.3, -0.25) is 19.1 Å². The van der Waals surface area contributed by atoms with Crippen LogP contribution in [0.15, 0.2) is 83.8 Å². The van der Waals surface area contributed by atoms with Crippen LogP contribution in [0.2, 0.25) is 5.02 Å². The number of hydrogen-bond donors (Lipinski definition) is 1. The molecule has 0 bridgehead atoms. The highest BCUT2D eigenvalue weighted by atomic mass is 35.5. The maximum atomic E-state index is 14.3. The van der Waals surface area contributed by atoms with Crippen LogP contribution >= 0.6 is 22.9 Å². The Morgan fingerprint density at radius 2 is 1.81 bits per heavy atom. The first-order valence-electron chi connectivity index (χ1n) is 15.3. The molecule has 2 aromatic heterocycles. The molecule has 1 N–H and O–H groups in total. The SMILES string of the molecule is Cc1ccc(-c2nn(-c3ccccc3)cc2/C=c2\s/c(=C(/C#N)C(=O)NCCN3CCOCC3)n(-c3cccc(Cl)c3C)c2=O)cc1. The first kappa shape index (κ1) is 32.2. The Balaban J connectivity index is 1.51. The standard InChI is InChI=1S/C36H33ClN6O3S/c1-24-11-13-26(14-12-24)33-27(23-42(40-33)28-7-4-3-5-8-28)21-32-35(45)43(31-10-6-9-30(37)25(31)2)36(47-32)29(22-38)34(44)39-15-16-41-17-19-46-20-18-41/h3-14,21,23H,15-20H2,1-2H3,(H,39,44)/b32-21-,36-29-. The molecule has 5 aromatic rings. The summed E-state index contributed by atoms with van der Waals surface area (Å²) in [5.41, 5.74) is 4.93. The van der Waals surface area contributed by atoms with Crippen molar-refractivity contribution in [3.63, 3.8) is 0 Å². The molecule has 0 spiro atoms. The highest BCUT2D eigenvalue weighted by molar-refractivity contribution is 7.07. The lowest BCUT2D eigenvalue weighted by atomic mass is 10.1. The smallest absolute Gasteiger partial charge is 0.273 e. The van der Waals surface area contributed by atoms with Crippen LogP contribution in [-0.2, 0) is 9.53 Å². The van der Waals surface area contributed by atoms with Gasteiger partial charge in [-0.15, -0.1) is 11.3 Å². The van der Waals surface area contributed by atoms with Gasteiger partial charge in [0.2, 0.25) is 0 Å². The second kappa shape index (κ2) is 14.3. The van der Waals surface area contributed by atoms with Crippen LogP contribution in [0, 0.1) is 25.2 Å². The Morgan fingerprint density at radius 1 is 1.06 bits per heavy atom. The van der Waals surface area contributed by atoms with Crippen molar-refractivity contribution in [2.75, 3.05) is 39.4 Å². The number of rotatable bonds is 8. The molecule has 1 amide bonds. The fourth-order valence-corrected chi connectivity index (χ4v) is 6.68. The van der Waals surface area contributed by atoms with Gasteiger partial charge in [0.25, 0.3) is 11.5 Å². The Morgan fingerprint density at radius 3 is 2.53 bits per heavy atom. The van der Waals surface area contributed by atoms with Crippen LogP contribution in [0.4, 0.5) is 0 Å². The van der Waals surface area contributed by atoms with Crippen LogP contribution in [0.5, 0.6) is 0 Å². The van der Waals surface area contributed by atoms with Gasteiger partial charge in [-0.2, -0.15) is 10.4 Å². The summed E-state index contributed by atoms with van der Waals surface area (Å²) in [5, 5.41) is 18.5. The molecule has 1 aliphatic heterocycles. The lowest BCUT2D eigenvalue weighted by Gasteiger charge is -2.26. The predicted molar refractivity (Wildman–Crippen MR) is 186 cm³/mol. The van der Waals surface area contributed by atoms with E-state index in [0.29, 0.717) is 58.4 Å². The summed E-state index contributed by atoms with van der Waals surface area (Å²) in [4.78, 5) is 30.0. The molecule has 11 heteroatoms. The molecular formula is C36H33ClN6O3S. The molecule has 47 heavy (non-hydrogen) atoms. The fourth-order valence-electron chi connectivity index (χ4n) is 5.43. The van der Waals surface area contributed by atoms with Crippen molar-refractivity contribution in [2.45, 2.75) is 13.8 Å². The number of nitrogens with zero attached hydrogens (tertiary/aromatic N) is 5. The summed E-state index contributed by atoms with van der Waals surface area (Å²) in [6, 6.07) is 25.1. The molecular weight excluding hydrogens is 632 g/mol. The second-order valence-electron chi connectivity index (χ2n) is 11.2. The van der Waals surface area contributed by atoms with Crippen LogP contribution in [0.25, 0.3) is 34.3 Å². The topological polar surface area (TPSA) is 105 Å². The number of benzene rings is 3. The number of amides is 1. The van der Waals surface area contributed by atoms with Crippen LogP contribution < -0.4 is 20.1 Å². The van der Waals surface area contributed by atoms with Gasteiger partial charge < -0.3 is 10.1 Å². The van der Waals surface area contributed by atoms with E-state index in [2.05, 4.69) is 16.3 Å². The number of thiazole rings is 1. The number of ether oxygens (including phenoxy) is 1. The number of hydrogen-bond acceptors (Lipinski definition) is 7. The number of para-hydroxylation sites is 1. The Bertz CT molecular complexity index is 2140. The number of morpholine rings is 1. The molecule has 3 heterocycles. The van der Waals surface area contributed by atoms with Gasteiger partial charge in [-0.1, -0.05) is 65.7 Å². The number of nitriles is 1. The molecule has 0 unspecified atom stereocenters. The van der Waals surface area contributed by atoms with Crippen molar-refractivity contribution in [1.82, 2.24) is 24.6 Å². The summed E-state index contributed by atoms with van der Waals surface area (Å²) in [6.45, 7) is 7.69. The van der Waals surface area contributed by atoms with Gasteiger partial charge in [-0.25, -0.2) is 4.68 Å². The molecule has 0 atom stereocenters. The second-order valence-corrected chi connectivity index (χ2v) is 12.7. The predicted octanol–water partition coefficient (Wildman–Crippen LogP) is 3.97. The zero-order valence-corrected chi connectivity index (χ0v) is 27.6. The summed E-state index contributed by atoms with van der Waals surface area (Å²) < 4.78 is 9.18. The molecule has 0 radical (unpaired) electrons. The number of aryl methyl sites for hydroxylation is 1. The average Bonchev–Trinajstić information content (AvgIpc) is 3.65. The molecule has 1 aliphatic rings.